The average molecular weight is 478 g/mol. The molecular formula is C15H10F12N2O2. The lowest BCUT2D eigenvalue weighted by Crippen LogP contribution is -2.68. The minimum absolute atomic E-state index is 0.0808. The van der Waals surface area contributed by atoms with Crippen LogP contribution < -0.4 is 10.6 Å². The number of benzene rings is 1. The van der Waals surface area contributed by atoms with Gasteiger partial charge < -0.3 is 10.1 Å². The largest absolute Gasteiger partial charge is 0.440 e. The lowest BCUT2D eigenvalue weighted by Gasteiger charge is -2.38. The van der Waals surface area contributed by atoms with E-state index in [1.807, 2.05) is 0 Å². The molecule has 0 spiro atoms. The highest BCUT2D eigenvalue weighted by Gasteiger charge is 2.90. The third-order valence-electron chi connectivity index (χ3n) is 4.28. The summed E-state index contributed by atoms with van der Waals surface area (Å²) in [6, 6.07) is 2.40. The number of hydrogen-bond donors (Lipinski definition) is 2. The molecule has 0 aliphatic carbocycles. The molecule has 0 bridgehead atoms. The van der Waals surface area contributed by atoms with Gasteiger partial charge in [0.1, 0.15) is 6.04 Å². The van der Waals surface area contributed by atoms with E-state index in [-0.39, 0.29) is 10.9 Å². The molecule has 2 N–H and O–H groups in total. The highest BCUT2D eigenvalue weighted by molar-refractivity contribution is 5.84. The van der Waals surface area contributed by atoms with E-state index < -0.39 is 54.5 Å². The van der Waals surface area contributed by atoms with Gasteiger partial charge >= 0.3 is 30.4 Å². The molecule has 1 heterocycles. The van der Waals surface area contributed by atoms with E-state index in [2.05, 4.69) is 4.74 Å². The van der Waals surface area contributed by atoms with Gasteiger partial charge in [0.25, 0.3) is 5.60 Å². The molecule has 0 saturated carbocycles. The Morgan fingerprint density at radius 1 is 0.839 bits per heavy atom. The van der Waals surface area contributed by atoms with Crippen molar-refractivity contribution in [3.8, 4) is 0 Å². The van der Waals surface area contributed by atoms with Gasteiger partial charge in [0, 0.05) is 6.54 Å². The van der Waals surface area contributed by atoms with Crippen LogP contribution in [0.25, 0.3) is 0 Å². The number of ether oxygens (including phenoxy) is 1. The standard InChI is InChI=1S/C15H10F12N2O2/c16-12(17,18)10(13(19,20)21)8(9(30)28-6-7-4-2-1-3-5-7)29-11(31-10,14(22,23)24)15(25,26)27/h1-5,8,29H,6H2,(H,28,30). The van der Waals surface area contributed by atoms with E-state index in [0.29, 0.717) is 0 Å². The van der Waals surface area contributed by atoms with Crippen LogP contribution in [0.5, 0.6) is 0 Å². The highest BCUT2D eigenvalue weighted by Crippen LogP contribution is 2.59. The van der Waals surface area contributed by atoms with Crippen LogP contribution >= 0.6 is 0 Å². The summed E-state index contributed by atoms with van der Waals surface area (Å²) >= 11 is 0. The van der Waals surface area contributed by atoms with Crippen molar-refractivity contribution in [2.24, 2.45) is 0 Å². The summed E-state index contributed by atoms with van der Waals surface area (Å²) in [7, 11) is 0. The summed E-state index contributed by atoms with van der Waals surface area (Å²) in [6.45, 7) is -0.797. The number of carbonyl (C=O) groups excluding carboxylic acids is 1. The first-order chi connectivity index (χ1) is 13.8. The number of hydrogen-bond acceptors (Lipinski definition) is 3. The molecule has 1 aliphatic heterocycles. The second kappa shape index (κ2) is 7.43. The normalized spacial score (nSPS) is 21.7. The Hall–Kier alpha value is -2.23. The number of halogens is 12. The fourth-order valence-electron chi connectivity index (χ4n) is 2.82. The van der Waals surface area contributed by atoms with E-state index >= 15 is 0 Å². The topological polar surface area (TPSA) is 50.4 Å². The van der Waals surface area contributed by atoms with Gasteiger partial charge in [0.15, 0.2) is 0 Å². The first kappa shape index (κ1) is 25.0. The Labute approximate surface area is 164 Å². The molecule has 1 aromatic rings. The van der Waals surface area contributed by atoms with Crippen LogP contribution in [-0.4, -0.2) is 48.0 Å². The predicted octanol–water partition coefficient (Wildman–Crippen LogP) is 3.98. The van der Waals surface area contributed by atoms with Crippen LogP contribution in [0.2, 0.25) is 0 Å². The molecule has 1 amide bonds. The number of alkyl halides is 12. The number of amides is 1. The summed E-state index contributed by atoms with van der Waals surface area (Å²) in [5, 5.41) is 1.56. The maximum Gasteiger partial charge on any atom is 0.440 e. The maximum atomic E-state index is 13.4. The van der Waals surface area contributed by atoms with Gasteiger partial charge in [-0.15, -0.1) is 0 Å². The SMILES string of the molecule is O=C(NCc1ccccc1)C1NC(C(F)(F)F)(C(F)(F)F)OC1(C(F)(F)F)C(F)(F)F. The van der Waals surface area contributed by atoms with E-state index in [1.54, 1.807) is 0 Å². The fraction of sp³-hybridized carbons (Fsp3) is 0.533. The third kappa shape index (κ3) is 4.02. The second-order valence-electron chi connectivity index (χ2n) is 6.29. The monoisotopic (exact) mass is 478 g/mol. The van der Waals surface area contributed by atoms with Crippen molar-refractivity contribution in [2.75, 3.05) is 0 Å². The first-order valence-electron chi connectivity index (χ1n) is 7.86. The van der Waals surface area contributed by atoms with Crippen LogP contribution in [0.1, 0.15) is 5.56 Å². The summed E-state index contributed by atoms with van der Waals surface area (Å²) in [4.78, 5) is 12.1. The van der Waals surface area contributed by atoms with Gasteiger partial charge in [-0.05, 0) is 5.56 Å². The molecule has 4 nitrogen and oxygen atoms in total. The Kier molecular flexibility index (Phi) is 6.00. The molecule has 1 fully saturated rings. The van der Waals surface area contributed by atoms with Gasteiger partial charge in [-0.2, -0.15) is 52.7 Å². The van der Waals surface area contributed by atoms with Crippen molar-refractivity contribution in [3.63, 3.8) is 0 Å². The molecule has 0 aromatic heterocycles. The first-order valence-corrected chi connectivity index (χ1v) is 7.86. The summed E-state index contributed by atoms with van der Waals surface area (Å²) in [5.41, 5.74) is -12.2. The van der Waals surface area contributed by atoms with Gasteiger partial charge in [-0.25, -0.2) is 0 Å². The molecular weight excluding hydrogens is 468 g/mol. The molecule has 16 heteroatoms. The summed E-state index contributed by atoms with van der Waals surface area (Å²) in [6.07, 6.45) is -27.5. The van der Waals surface area contributed by atoms with Crippen LogP contribution in [-0.2, 0) is 16.1 Å². The smallest absolute Gasteiger partial charge is 0.351 e. The average Bonchev–Trinajstić information content (AvgIpc) is 2.99. The second-order valence-corrected chi connectivity index (χ2v) is 6.29. The van der Waals surface area contributed by atoms with Gasteiger partial charge in [-0.1, -0.05) is 30.3 Å². The predicted molar refractivity (Wildman–Crippen MR) is 76.0 cm³/mol. The third-order valence-corrected chi connectivity index (χ3v) is 4.28. The van der Waals surface area contributed by atoms with Gasteiger partial charge in [0.2, 0.25) is 5.91 Å². The van der Waals surface area contributed by atoms with E-state index in [1.165, 1.54) is 35.6 Å². The van der Waals surface area contributed by atoms with Gasteiger partial charge in [-0.3, -0.25) is 10.1 Å². The van der Waals surface area contributed by atoms with E-state index in [4.69, 9.17) is 0 Å². The molecule has 0 radical (unpaired) electrons. The highest BCUT2D eigenvalue weighted by atomic mass is 19.4. The lowest BCUT2D eigenvalue weighted by molar-refractivity contribution is -0.444. The molecule has 1 aromatic carbocycles. The molecule has 31 heavy (non-hydrogen) atoms. The van der Waals surface area contributed by atoms with Crippen LogP contribution in [0.4, 0.5) is 52.7 Å². The van der Waals surface area contributed by atoms with Crippen LogP contribution in [0, 0.1) is 0 Å². The zero-order valence-electron chi connectivity index (χ0n) is 14.5. The lowest BCUT2D eigenvalue weighted by atomic mass is 9.92. The maximum absolute atomic E-state index is 13.4. The van der Waals surface area contributed by atoms with Crippen molar-refractivity contribution in [1.29, 1.82) is 0 Å². The molecule has 1 saturated heterocycles. The molecule has 1 unspecified atom stereocenters. The van der Waals surface area contributed by atoms with Crippen molar-refractivity contribution in [2.45, 2.75) is 48.6 Å². The van der Waals surface area contributed by atoms with Gasteiger partial charge in [0.05, 0.1) is 0 Å². The Morgan fingerprint density at radius 3 is 1.68 bits per heavy atom. The Morgan fingerprint density at radius 2 is 1.29 bits per heavy atom. The molecule has 1 aliphatic rings. The van der Waals surface area contributed by atoms with Crippen LogP contribution in [0.3, 0.4) is 0 Å². The van der Waals surface area contributed by atoms with E-state index in [9.17, 15) is 57.5 Å². The Bertz CT molecular complexity index is 769. The van der Waals surface area contributed by atoms with E-state index in [0.717, 1.165) is 0 Å². The molecule has 1 atom stereocenters. The number of nitrogens with one attached hydrogen (secondary N) is 2. The number of rotatable bonds is 3. The minimum Gasteiger partial charge on any atom is -0.351 e. The quantitative estimate of drug-likeness (QED) is 0.647. The zero-order valence-corrected chi connectivity index (χ0v) is 14.5. The summed E-state index contributed by atoms with van der Waals surface area (Å²) < 4.78 is 162. The van der Waals surface area contributed by atoms with Crippen molar-refractivity contribution in [1.82, 2.24) is 10.6 Å². The zero-order chi connectivity index (χ0) is 24.1. The van der Waals surface area contributed by atoms with Crippen LogP contribution in [0.15, 0.2) is 30.3 Å². The fourth-order valence-corrected chi connectivity index (χ4v) is 2.82. The Balaban J connectivity index is 2.62. The summed E-state index contributed by atoms with van der Waals surface area (Å²) in [5.74, 6) is -2.45. The molecule has 176 valence electrons. The minimum atomic E-state index is -6.91. The molecule has 2 rings (SSSR count). The van der Waals surface area contributed by atoms with Crippen molar-refractivity contribution in [3.05, 3.63) is 35.9 Å². The van der Waals surface area contributed by atoms with Crippen molar-refractivity contribution >= 4 is 5.91 Å². The number of carbonyl (C=O) groups is 1. The van der Waals surface area contributed by atoms with Crippen molar-refractivity contribution < 1.29 is 62.2 Å².